The van der Waals surface area contributed by atoms with Gasteiger partial charge >= 0.3 is 6.03 Å². The van der Waals surface area contributed by atoms with Crippen molar-refractivity contribution in [2.45, 2.75) is 26.3 Å². The van der Waals surface area contributed by atoms with Crippen LogP contribution in [0.2, 0.25) is 0 Å². The zero-order valence-electron chi connectivity index (χ0n) is 11.8. The number of non-ortho nitro benzene ring substituents is 1. The summed E-state index contributed by atoms with van der Waals surface area (Å²) in [6.45, 7) is 6.13. The summed E-state index contributed by atoms with van der Waals surface area (Å²) in [7, 11) is 0. The van der Waals surface area contributed by atoms with Gasteiger partial charge in [0, 0.05) is 24.4 Å². The van der Waals surface area contributed by atoms with E-state index in [0.717, 1.165) is 0 Å². The van der Waals surface area contributed by atoms with Gasteiger partial charge in [-0.05, 0) is 25.0 Å². The minimum absolute atomic E-state index is 0.0232. The number of nitro benzene ring substituents is 1. The number of carbonyl (C=O) groups is 1. The Hall–Kier alpha value is -2.15. The Morgan fingerprint density at radius 2 is 1.95 bits per heavy atom. The molecular weight excluding hydrogens is 260 g/mol. The van der Waals surface area contributed by atoms with Gasteiger partial charge in [0.1, 0.15) is 0 Å². The number of anilines is 1. The fraction of sp³-hybridized carbons (Fsp3) is 0.462. The minimum atomic E-state index is -0.509. The van der Waals surface area contributed by atoms with E-state index in [-0.39, 0.29) is 17.6 Å². The zero-order chi connectivity index (χ0) is 15.3. The topological polar surface area (TPSA) is 110 Å². The molecule has 0 radical (unpaired) electrons. The third-order valence-corrected chi connectivity index (χ3v) is 3.43. The van der Waals surface area contributed by atoms with E-state index in [1.165, 1.54) is 24.3 Å². The van der Waals surface area contributed by atoms with Gasteiger partial charge in [0.05, 0.1) is 10.5 Å². The molecule has 0 saturated carbocycles. The van der Waals surface area contributed by atoms with Crippen LogP contribution in [0.3, 0.4) is 0 Å². The van der Waals surface area contributed by atoms with Crippen molar-refractivity contribution in [3.63, 3.8) is 0 Å². The zero-order valence-corrected chi connectivity index (χ0v) is 11.8. The molecule has 7 heteroatoms. The van der Waals surface area contributed by atoms with Crippen molar-refractivity contribution in [3.05, 3.63) is 34.4 Å². The van der Waals surface area contributed by atoms with Crippen molar-refractivity contribution in [2.75, 3.05) is 11.9 Å². The van der Waals surface area contributed by atoms with E-state index >= 15 is 0 Å². The van der Waals surface area contributed by atoms with Gasteiger partial charge in [-0.2, -0.15) is 0 Å². The highest BCUT2D eigenvalue weighted by molar-refractivity contribution is 5.89. The first kappa shape index (κ1) is 15.9. The number of hydrogen-bond acceptors (Lipinski definition) is 4. The Kier molecular flexibility index (Phi) is 5.04. The van der Waals surface area contributed by atoms with Crippen molar-refractivity contribution in [1.29, 1.82) is 0 Å². The van der Waals surface area contributed by atoms with E-state index in [1.54, 1.807) is 0 Å². The Balaban J connectivity index is 2.69. The highest BCUT2D eigenvalue weighted by Gasteiger charge is 2.28. The molecular formula is C13H20N4O3. The van der Waals surface area contributed by atoms with Crippen LogP contribution in [0.1, 0.15) is 20.8 Å². The van der Waals surface area contributed by atoms with E-state index in [4.69, 9.17) is 5.73 Å². The van der Waals surface area contributed by atoms with Crippen LogP contribution >= 0.6 is 0 Å². The predicted octanol–water partition coefficient (Wildman–Crippen LogP) is 2.09. The van der Waals surface area contributed by atoms with E-state index in [2.05, 4.69) is 10.6 Å². The molecule has 0 bridgehead atoms. The molecule has 1 aromatic rings. The lowest BCUT2D eigenvalue weighted by Gasteiger charge is -2.33. The molecule has 110 valence electrons. The maximum atomic E-state index is 11.9. The summed E-state index contributed by atoms with van der Waals surface area (Å²) in [5.41, 5.74) is 5.64. The number of nitrogens with zero attached hydrogens (tertiary/aromatic N) is 1. The van der Waals surface area contributed by atoms with Crippen LogP contribution in [-0.4, -0.2) is 23.0 Å². The maximum absolute atomic E-state index is 11.9. The van der Waals surface area contributed by atoms with E-state index in [0.29, 0.717) is 12.2 Å². The maximum Gasteiger partial charge on any atom is 0.319 e. The lowest BCUT2D eigenvalue weighted by Crippen LogP contribution is -2.56. The van der Waals surface area contributed by atoms with E-state index in [9.17, 15) is 14.9 Å². The Morgan fingerprint density at radius 1 is 1.40 bits per heavy atom. The van der Waals surface area contributed by atoms with Crippen LogP contribution in [-0.2, 0) is 0 Å². The first-order valence-electron chi connectivity index (χ1n) is 6.32. The van der Waals surface area contributed by atoms with E-state index in [1.807, 2.05) is 20.8 Å². The number of rotatable bonds is 5. The molecule has 0 heterocycles. The third-order valence-electron chi connectivity index (χ3n) is 3.43. The fourth-order valence-electron chi connectivity index (χ4n) is 1.52. The summed E-state index contributed by atoms with van der Waals surface area (Å²) in [4.78, 5) is 21.9. The smallest absolute Gasteiger partial charge is 0.319 e. The average molecular weight is 280 g/mol. The van der Waals surface area contributed by atoms with Crippen LogP contribution in [0, 0.1) is 16.0 Å². The standard InChI is InChI=1S/C13H20N4O3/c1-9(2)13(3,8-14)16-12(18)15-10-4-6-11(7-5-10)17(19)20/h4-7,9H,8,14H2,1-3H3,(H2,15,16,18). The number of hydrogen-bond donors (Lipinski definition) is 3. The predicted molar refractivity (Wildman–Crippen MR) is 77.5 cm³/mol. The molecule has 7 nitrogen and oxygen atoms in total. The summed E-state index contributed by atoms with van der Waals surface area (Å²) < 4.78 is 0. The lowest BCUT2D eigenvalue weighted by molar-refractivity contribution is -0.384. The molecule has 0 saturated heterocycles. The molecule has 0 aromatic heterocycles. The van der Waals surface area contributed by atoms with Gasteiger partial charge in [-0.3, -0.25) is 10.1 Å². The van der Waals surface area contributed by atoms with Crippen molar-refractivity contribution < 1.29 is 9.72 Å². The summed E-state index contributed by atoms with van der Waals surface area (Å²) in [6.07, 6.45) is 0. The summed E-state index contributed by atoms with van der Waals surface area (Å²) in [6, 6.07) is 5.24. The molecule has 0 aliphatic rings. The van der Waals surface area contributed by atoms with Crippen LogP contribution in [0.4, 0.5) is 16.2 Å². The Morgan fingerprint density at radius 3 is 2.35 bits per heavy atom. The summed E-state index contributed by atoms with van der Waals surface area (Å²) in [5, 5.41) is 16.0. The van der Waals surface area contributed by atoms with Gasteiger partial charge in [0.2, 0.25) is 0 Å². The van der Waals surface area contributed by atoms with Crippen LogP contribution in [0.15, 0.2) is 24.3 Å². The number of nitrogens with two attached hydrogens (primary N) is 1. The molecule has 2 amide bonds. The number of benzene rings is 1. The van der Waals surface area contributed by atoms with Gasteiger partial charge in [-0.25, -0.2) is 4.79 Å². The van der Waals surface area contributed by atoms with Crippen LogP contribution < -0.4 is 16.4 Å². The molecule has 0 aliphatic carbocycles. The first-order chi connectivity index (χ1) is 9.28. The number of nitro groups is 1. The largest absolute Gasteiger partial charge is 0.331 e. The van der Waals surface area contributed by atoms with Gasteiger partial charge in [0.15, 0.2) is 0 Å². The molecule has 0 spiro atoms. The second-order valence-electron chi connectivity index (χ2n) is 5.16. The third kappa shape index (κ3) is 3.92. The molecule has 1 rings (SSSR count). The van der Waals surface area contributed by atoms with Gasteiger partial charge in [0.25, 0.3) is 5.69 Å². The van der Waals surface area contributed by atoms with Gasteiger partial charge < -0.3 is 16.4 Å². The summed E-state index contributed by atoms with van der Waals surface area (Å²) >= 11 is 0. The Bertz CT molecular complexity index is 487. The fourth-order valence-corrected chi connectivity index (χ4v) is 1.52. The second kappa shape index (κ2) is 6.33. The molecule has 0 fully saturated rings. The van der Waals surface area contributed by atoms with Crippen molar-refractivity contribution in [3.8, 4) is 0 Å². The van der Waals surface area contributed by atoms with Crippen LogP contribution in [0.5, 0.6) is 0 Å². The van der Waals surface area contributed by atoms with Gasteiger partial charge in [-0.15, -0.1) is 0 Å². The van der Waals surface area contributed by atoms with Gasteiger partial charge in [-0.1, -0.05) is 13.8 Å². The highest BCUT2D eigenvalue weighted by atomic mass is 16.6. The van der Waals surface area contributed by atoms with Crippen molar-refractivity contribution in [1.82, 2.24) is 5.32 Å². The second-order valence-corrected chi connectivity index (χ2v) is 5.16. The SMILES string of the molecule is CC(C)C(C)(CN)NC(=O)Nc1ccc([N+](=O)[O-])cc1. The molecule has 1 unspecified atom stereocenters. The monoisotopic (exact) mass is 280 g/mol. The number of carbonyl (C=O) groups excluding carboxylic acids is 1. The average Bonchev–Trinajstić information content (AvgIpc) is 2.38. The quantitative estimate of drug-likeness (QED) is 0.566. The normalized spacial score (nSPS) is 13.7. The molecule has 0 aliphatic heterocycles. The van der Waals surface area contributed by atoms with E-state index < -0.39 is 10.5 Å². The van der Waals surface area contributed by atoms with Crippen LogP contribution in [0.25, 0.3) is 0 Å². The molecule has 4 N–H and O–H groups in total. The number of nitrogens with one attached hydrogen (secondary N) is 2. The summed E-state index contributed by atoms with van der Waals surface area (Å²) in [5.74, 6) is 0.176. The minimum Gasteiger partial charge on any atom is -0.331 e. The lowest BCUT2D eigenvalue weighted by atomic mass is 9.89. The van der Waals surface area contributed by atoms with Crippen molar-refractivity contribution in [2.24, 2.45) is 11.7 Å². The molecule has 1 atom stereocenters. The van der Waals surface area contributed by atoms with Crippen molar-refractivity contribution >= 4 is 17.4 Å². The molecule has 20 heavy (non-hydrogen) atoms. The molecule has 1 aromatic carbocycles. The first-order valence-corrected chi connectivity index (χ1v) is 6.32. The highest BCUT2D eigenvalue weighted by Crippen LogP contribution is 2.17. The number of urea groups is 1. The Labute approximate surface area is 117 Å². The number of amides is 2.